The molecule has 140 valence electrons. The minimum atomic E-state index is -0.231. The van der Waals surface area contributed by atoms with E-state index in [1.54, 1.807) is 13.1 Å². The number of hydrogen-bond acceptors (Lipinski definition) is 4. The van der Waals surface area contributed by atoms with Crippen LogP contribution in [0.1, 0.15) is 65.3 Å². The van der Waals surface area contributed by atoms with Gasteiger partial charge in [0.05, 0.1) is 18.1 Å². The monoisotopic (exact) mass is 356 g/mol. The van der Waals surface area contributed by atoms with Crippen molar-refractivity contribution in [1.82, 2.24) is 19.4 Å². The second-order valence-corrected chi connectivity index (χ2v) is 7.56. The van der Waals surface area contributed by atoms with Crippen LogP contribution in [0.4, 0.5) is 0 Å². The van der Waals surface area contributed by atoms with Gasteiger partial charge in [-0.1, -0.05) is 6.92 Å². The van der Waals surface area contributed by atoms with Crippen molar-refractivity contribution in [1.29, 1.82) is 0 Å². The number of H-pyrrole nitrogens is 1. The van der Waals surface area contributed by atoms with Crippen molar-refractivity contribution in [3.8, 4) is 0 Å². The standard InChI is InChI=1S/C20H28N4O2/c1-12-6-8-23(10-17(12)24-9-7-21-11-24)15(4)20(26)19-13(2)18(16(5)25)14(3)22-19/h7,9,11-12,15,17,22H,6,8,10H2,1-5H3. The number of imidazole rings is 1. The second kappa shape index (κ2) is 7.19. The van der Waals surface area contributed by atoms with Gasteiger partial charge in [-0.25, -0.2) is 4.98 Å². The van der Waals surface area contributed by atoms with Crippen LogP contribution in [-0.4, -0.2) is 50.1 Å². The summed E-state index contributed by atoms with van der Waals surface area (Å²) in [7, 11) is 0. The number of likely N-dealkylation sites (tertiary alicyclic amines) is 1. The Hall–Kier alpha value is -2.21. The molecule has 1 aliphatic rings. The molecule has 26 heavy (non-hydrogen) atoms. The SMILES string of the molecule is CC(=O)c1c(C)[nH]c(C(=O)C(C)N2CCC(C)C(n3ccnc3)C2)c1C. The fourth-order valence-electron chi connectivity index (χ4n) is 4.18. The second-order valence-electron chi connectivity index (χ2n) is 7.56. The van der Waals surface area contributed by atoms with Crippen molar-refractivity contribution in [2.45, 2.75) is 53.1 Å². The number of ketones is 2. The number of nitrogens with one attached hydrogen (secondary N) is 1. The van der Waals surface area contributed by atoms with E-state index in [0.717, 1.165) is 30.8 Å². The third-order valence-electron chi connectivity index (χ3n) is 5.82. The molecule has 1 fully saturated rings. The average molecular weight is 356 g/mol. The van der Waals surface area contributed by atoms with Gasteiger partial charge in [-0.2, -0.15) is 0 Å². The van der Waals surface area contributed by atoms with E-state index in [4.69, 9.17) is 0 Å². The van der Waals surface area contributed by atoms with Gasteiger partial charge in [-0.15, -0.1) is 0 Å². The van der Waals surface area contributed by atoms with E-state index in [9.17, 15) is 9.59 Å². The topological polar surface area (TPSA) is 71.0 Å². The third-order valence-corrected chi connectivity index (χ3v) is 5.82. The maximum Gasteiger partial charge on any atom is 0.196 e. The first-order valence-electron chi connectivity index (χ1n) is 9.27. The number of aryl methyl sites for hydroxylation is 1. The number of rotatable bonds is 5. The van der Waals surface area contributed by atoms with Crippen molar-refractivity contribution in [2.24, 2.45) is 5.92 Å². The quantitative estimate of drug-likeness (QED) is 0.835. The third kappa shape index (κ3) is 3.26. The molecule has 0 amide bonds. The molecule has 0 bridgehead atoms. The molecule has 0 spiro atoms. The molecule has 0 radical (unpaired) electrons. The number of carbonyl (C=O) groups excluding carboxylic acids is 2. The number of nitrogens with zero attached hydrogens (tertiary/aromatic N) is 3. The smallest absolute Gasteiger partial charge is 0.196 e. The molecule has 1 N–H and O–H groups in total. The van der Waals surface area contributed by atoms with Gasteiger partial charge in [-0.3, -0.25) is 14.5 Å². The normalized spacial score (nSPS) is 22.3. The van der Waals surface area contributed by atoms with Crippen LogP contribution in [0.3, 0.4) is 0 Å². The molecule has 3 atom stereocenters. The maximum absolute atomic E-state index is 13.1. The molecule has 0 aromatic carbocycles. The van der Waals surface area contributed by atoms with Gasteiger partial charge >= 0.3 is 0 Å². The Balaban J connectivity index is 1.81. The van der Waals surface area contributed by atoms with Crippen LogP contribution in [0.25, 0.3) is 0 Å². The van der Waals surface area contributed by atoms with Gasteiger partial charge in [0.2, 0.25) is 0 Å². The van der Waals surface area contributed by atoms with E-state index in [2.05, 4.69) is 26.4 Å². The highest BCUT2D eigenvalue weighted by Crippen LogP contribution is 2.29. The van der Waals surface area contributed by atoms with E-state index >= 15 is 0 Å². The number of carbonyl (C=O) groups is 2. The summed E-state index contributed by atoms with van der Waals surface area (Å²) in [5, 5.41) is 0. The largest absolute Gasteiger partial charge is 0.355 e. The van der Waals surface area contributed by atoms with Gasteiger partial charge < -0.3 is 9.55 Å². The summed E-state index contributed by atoms with van der Waals surface area (Å²) in [6.45, 7) is 11.2. The van der Waals surface area contributed by atoms with E-state index in [0.29, 0.717) is 23.2 Å². The summed E-state index contributed by atoms with van der Waals surface area (Å²) in [5.41, 5.74) is 2.75. The van der Waals surface area contributed by atoms with Crippen LogP contribution in [0.2, 0.25) is 0 Å². The van der Waals surface area contributed by atoms with Crippen LogP contribution in [0.5, 0.6) is 0 Å². The number of Topliss-reactive ketones (excluding diaryl/α,β-unsaturated/α-hetero) is 2. The van der Waals surface area contributed by atoms with Crippen LogP contribution < -0.4 is 0 Å². The first-order chi connectivity index (χ1) is 12.3. The molecule has 3 rings (SSSR count). The van der Waals surface area contributed by atoms with Gasteiger partial charge in [0, 0.05) is 36.2 Å². The fraction of sp³-hybridized carbons (Fsp3) is 0.550. The zero-order chi connectivity index (χ0) is 19.0. The van der Waals surface area contributed by atoms with Crippen molar-refractivity contribution in [2.75, 3.05) is 13.1 Å². The summed E-state index contributed by atoms with van der Waals surface area (Å²) in [5.74, 6) is 0.591. The van der Waals surface area contributed by atoms with Crippen molar-refractivity contribution >= 4 is 11.6 Å². The lowest BCUT2D eigenvalue weighted by molar-refractivity contribution is 0.0674. The number of aromatic nitrogens is 3. The minimum Gasteiger partial charge on any atom is -0.355 e. The highest BCUT2D eigenvalue weighted by Gasteiger charge is 2.33. The molecule has 2 aromatic heterocycles. The van der Waals surface area contributed by atoms with E-state index in [1.807, 2.05) is 33.3 Å². The van der Waals surface area contributed by atoms with Crippen LogP contribution in [-0.2, 0) is 0 Å². The Kier molecular flexibility index (Phi) is 5.14. The predicted molar refractivity (Wildman–Crippen MR) is 101 cm³/mol. The Labute approximate surface area is 154 Å². The Morgan fingerprint density at radius 3 is 2.65 bits per heavy atom. The Morgan fingerprint density at radius 1 is 1.35 bits per heavy atom. The van der Waals surface area contributed by atoms with E-state index < -0.39 is 0 Å². The molecule has 3 unspecified atom stereocenters. The minimum absolute atomic E-state index is 0.00470. The zero-order valence-corrected chi connectivity index (χ0v) is 16.2. The Bertz CT molecular complexity index is 806. The van der Waals surface area contributed by atoms with Crippen molar-refractivity contribution in [3.05, 3.63) is 41.2 Å². The first kappa shape index (κ1) is 18.6. The summed E-state index contributed by atoms with van der Waals surface area (Å²) >= 11 is 0. The molecule has 2 aromatic rings. The molecule has 3 heterocycles. The highest BCUT2D eigenvalue weighted by atomic mass is 16.1. The molecular formula is C20H28N4O2. The molecule has 6 heteroatoms. The number of piperidine rings is 1. The van der Waals surface area contributed by atoms with Crippen LogP contribution in [0.15, 0.2) is 18.7 Å². The van der Waals surface area contributed by atoms with Crippen LogP contribution in [0, 0.1) is 19.8 Å². The maximum atomic E-state index is 13.1. The number of hydrogen-bond donors (Lipinski definition) is 1. The molecule has 1 aliphatic heterocycles. The lowest BCUT2D eigenvalue weighted by Gasteiger charge is -2.40. The predicted octanol–water partition coefficient (Wildman–Crippen LogP) is 3.18. The van der Waals surface area contributed by atoms with Gasteiger partial charge in [0.25, 0.3) is 0 Å². The van der Waals surface area contributed by atoms with Crippen LogP contribution >= 0.6 is 0 Å². The number of aromatic amines is 1. The summed E-state index contributed by atoms with van der Waals surface area (Å²) in [4.78, 5) is 34.5. The fourth-order valence-corrected chi connectivity index (χ4v) is 4.18. The molecule has 6 nitrogen and oxygen atoms in total. The lowest BCUT2D eigenvalue weighted by Crippen LogP contribution is -2.48. The van der Waals surface area contributed by atoms with E-state index in [-0.39, 0.29) is 17.6 Å². The molecular weight excluding hydrogens is 328 g/mol. The summed E-state index contributed by atoms with van der Waals surface area (Å²) in [6.07, 6.45) is 6.69. The van der Waals surface area contributed by atoms with Gasteiger partial charge in [0.1, 0.15) is 0 Å². The highest BCUT2D eigenvalue weighted by molar-refractivity contribution is 6.05. The van der Waals surface area contributed by atoms with Crippen molar-refractivity contribution < 1.29 is 9.59 Å². The molecule has 0 saturated carbocycles. The van der Waals surface area contributed by atoms with Crippen molar-refractivity contribution in [3.63, 3.8) is 0 Å². The van der Waals surface area contributed by atoms with Gasteiger partial charge in [0.15, 0.2) is 11.6 Å². The van der Waals surface area contributed by atoms with E-state index in [1.165, 1.54) is 0 Å². The summed E-state index contributed by atoms with van der Waals surface area (Å²) < 4.78 is 2.14. The van der Waals surface area contributed by atoms with Gasteiger partial charge in [-0.05, 0) is 52.1 Å². The summed E-state index contributed by atoms with van der Waals surface area (Å²) in [6, 6.07) is 0.0887. The lowest BCUT2D eigenvalue weighted by atomic mass is 9.91. The first-order valence-corrected chi connectivity index (χ1v) is 9.27. The zero-order valence-electron chi connectivity index (χ0n) is 16.2. The average Bonchev–Trinajstić information content (AvgIpc) is 3.22. The Morgan fingerprint density at radius 2 is 2.08 bits per heavy atom. The molecule has 0 aliphatic carbocycles. The molecule has 1 saturated heterocycles.